The third kappa shape index (κ3) is 9.53. The monoisotopic (exact) mass is 244 g/mol. The van der Waals surface area contributed by atoms with Crippen LogP contribution >= 0.6 is 0 Å². The van der Waals surface area contributed by atoms with E-state index >= 15 is 0 Å². The van der Waals surface area contributed by atoms with Gasteiger partial charge in [0.1, 0.15) is 0 Å². The van der Waals surface area contributed by atoms with Crippen LogP contribution in [0.15, 0.2) is 0 Å². The van der Waals surface area contributed by atoms with E-state index in [0.717, 1.165) is 19.0 Å². The first-order chi connectivity index (χ1) is 8.11. The zero-order valence-corrected chi connectivity index (χ0v) is 12.1. The van der Waals surface area contributed by atoms with Crippen LogP contribution in [0.2, 0.25) is 0 Å². The molecule has 4 nitrogen and oxygen atoms in total. The molecule has 17 heavy (non-hydrogen) atoms. The average Bonchev–Trinajstić information content (AvgIpc) is 2.91. The van der Waals surface area contributed by atoms with Gasteiger partial charge in [-0.3, -0.25) is 0 Å². The van der Waals surface area contributed by atoms with Crippen LogP contribution in [0.4, 0.5) is 0 Å². The lowest BCUT2D eigenvalue weighted by Gasteiger charge is -2.10. The van der Waals surface area contributed by atoms with Crippen LogP contribution in [0.3, 0.4) is 0 Å². The predicted octanol–water partition coefficient (Wildman–Crippen LogP) is 0.491. The summed E-state index contributed by atoms with van der Waals surface area (Å²) in [5.41, 5.74) is 5.66. The van der Waals surface area contributed by atoms with Gasteiger partial charge in [0.25, 0.3) is 0 Å². The van der Waals surface area contributed by atoms with E-state index in [2.05, 4.69) is 29.5 Å². The summed E-state index contributed by atoms with van der Waals surface area (Å²) in [6.07, 6.45) is 4.09. The Morgan fingerprint density at radius 2 is 1.82 bits per heavy atom. The molecule has 0 aliphatic carbocycles. The van der Waals surface area contributed by atoms with E-state index in [4.69, 9.17) is 5.73 Å². The van der Waals surface area contributed by atoms with Crippen molar-refractivity contribution in [3.63, 3.8) is 0 Å². The second kappa shape index (κ2) is 11.0. The van der Waals surface area contributed by atoms with Crippen molar-refractivity contribution < 1.29 is 0 Å². The van der Waals surface area contributed by atoms with Crippen LogP contribution in [0.1, 0.15) is 26.2 Å². The zero-order chi connectivity index (χ0) is 13.1. The molecule has 2 unspecified atom stereocenters. The molecule has 0 saturated carbocycles. The van der Waals surface area contributed by atoms with E-state index in [1.54, 1.807) is 0 Å². The summed E-state index contributed by atoms with van der Waals surface area (Å²) in [7, 11) is 5.92. The molecule has 0 spiro atoms. The fraction of sp³-hybridized carbons (Fsp3) is 1.00. The lowest BCUT2D eigenvalue weighted by molar-refractivity contribution is 0.418. The zero-order valence-electron chi connectivity index (χ0n) is 12.1. The molecule has 0 radical (unpaired) electrons. The van der Waals surface area contributed by atoms with Crippen molar-refractivity contribution in [3.05, 3.63) is 0 Å². The van der Waals surface area contributed by atoms with E-state index in [0.29, 0.717) is 6.04 Å². The molecular weight excluding hydrogens is 212 g/mol. The highest BCUT2D eigenvalue weighted by atomic mass is 15.1. The third-order valence-electron chi connectivity index (χ3n) is 3.17. The molecule has 2 aliphatic heterocycles. The van der Waals surface area contributed by atoms with Crippen LogP contribution in [0, 0.1) is 5.92 Å². The van der Waals surface area contributed by atoms with Gasteiger partial charge in [-0.15, -0.1) is 0 Å². The van der Waals surface area contributed by atoms with Gasteiger partial charge < -0.3 is 21.3 Å². The van der Waals surface area contributed by atoms with Crippen LogP contribution in [0.5, 0.6) is 0 Å². The van der Waals surface area contributed by atoms with Crippen molar-refractivity contribution >= 4 is 0 Å². The summed E-state index contributed by atoms with van der Waals surface area (Å²) in [5.74, 6) is 0.731. The van der Waals surface area contributed by atoms with Crippen molar-refractivity contribution in [2.45, 2.75) is 32.2 Å². The topological polar surface area (TPSA) is 53.3 Å². The van der Waals surface area contributed by atoms with Gasteiger partial charge >= 0.3 is 0 Å². The van der Waals surface area contributed by atoms with Gasteiger partial charge in [0.15, 0.2) is 0 Å². The highest BCUT2D eigenvalue weighted by Gasteiger charge is 2.17. The molecule has 0 amide bonds. The van der Waals surface area contributed by atoms with Crippen LogP contribution in [0.25, 0.3) is 0 Å². The van der Waals surface area contributed by atoms with Crippen molar-refractivity contribution in [3.8, 4) is 0 Å². The average molecular weight is 244 g/mol. The van der Waals surface area contributed by atoms with Gasteiger partial charge in [0.2, 0.25) is 0 Å². The minimum absolute atomic E-state index is 0.380. The predicted molar refractivity (Wildman–Crippen MR) is 76.3 cm³/mol. The van der Waals surface area contributed by atoms with E-state index in [1.165, 1.54) is 32.4 Å². The minimum atomic E-state index is 0.380. The van der Waals surface area contributed by atoms with E-state index in [1.807, 2.05) is 14.1 Å². The molecule has 2 atom stereocenters. The van der Waals surface area contributed by atoms with E-state index in [-0.39, 0.29) is 0 Å². The lowest BCUT2D eigenvalue weighted by atomic mass is 10.0. The second-order valence-electron chi connectivity index (χ2n) is 5.12. The Morgan fingerprint density at radius 3 is 2.00 bits per heavy atom. The molecule has 2 rings (SSSR count). The summed E-state index contributed by atoms with van der Waals surface area (Å²) in [6, 6.07) is 0.380. The number of nitrogens with one attached hydrogen (secondary N) is 2. The molecule has 2 saturated heterocycles. The number of likely N-dealkylation sites (tertiary alicyclic amines) is 1. The van der Waals surface area contributed by atoms with Gasteiger partial charge in [-0.1, -0.05) is 0 Å². The van der Waals surface area contributed by atoms with Crippen molar-refractivity contribution in [1.29, 1.82) is 0 Å². The highest BCUT2D eigenvalue weighted by molar-refractivity contribution is 4.77. The first-order valence-corrected chi connectivity index (χ1v) is 6.85. The SMILES string of the molecule is CC(N)C1CCNC1.CN1CCCC1.CNC. The smallest absolute Gasteiger partial charge is 0.00513 e. The molecule has 2 aliphatic rings. The normalized spacial score (nSPS) is 25.6. The van der Waals surface area contributed by atoms with Crippen LogP contribution in [-0.2, 0) is 0 Å². The molecule has 104 valence electrons. The number of nitrogens with two attached hydrogens (primary N) is 1. The van der Waals surface area contributed by atoms with Crippen molar-refractivity contribution in [2.75, 3.05) is 47.3 Å². The number of hydrogen-bond donors (Lipinski definition) is 3. The second-order valence-corrected chi connectivity index (χ2v) is 5.12. The maximum absolute atomic E-state index is 5.66. The number of rotatable bonds is 1. The van der Waals surface area contributed by atoms with Crippen LogP contribution < -0.4 is 16.4 Å². The maximum atomic E-state index is 5.66. The number of nitrogens with zero attached hydrogens (tertiary/aromatic N) is 1. The highest BCUT2D eigenvalue weighted by Crippen LogP contribution is 2.09. The fourth-order valence-electron chi connectivity index (χ4n) is 2.00. The summed E-state index contributed by atoms with van der Waals surface area (Å²) in [5, 5.41) is 6.02. The molecule has 2 heterocycles. The van der Waals surface area contributed by atoms with Crippen LogP contribution in [-0.4, -0.2) is 58.3 Å². The largest absolute Gasteiger partial charge is 0.328 e. The first kappa shape index (κ1) is 16.8. The molecule has 0 aromatic rings. The standard InChI is InChI=1S/C6H14N2.C5H11N.C2H7N/c1-5(7)6-2-3-8-4-6;1-6-4-2-3-5-6;1-3-2/h5-6,8H,2-4,7H2,1H3;2-5H2,1H3;3H,1-2H3. The Balaban J connectivity index is 0.000000252. The number of hydrogen-bond acceptors (Lipinski definition) is 4. The molecule has 0 aromatic carbocycles. The Kier molecular flexibility index (Phi) is 10.9. The molecule has 0 aromatic heterocycles. The Bertz CT molecular complexity index is 149. The maximum Gasteiger partial charge on any atom is 0.00513 e. The Hall–Kier alpha value is -0.160. The van der Waals surface area contributed by atoms with Gasteiger partial charge in [-0.05, 0) is 79.4 Å². The Morgan fingerprint density at radius 1 is 1.29 bits per heavy atom. The quantitative estimate of drug-likeness (QED) is 0.628. The van der Waals surface area contributed by atoms with Gasteiger partial charge in [-0.2, -0.15) is 0 Å². The summed E-state index contributed by atoms with van der Waals surface area (Å²) < 4.78 is 0. The molecule has 0 bridgehead atoms. The molecule has 4 N–H and O–H groups in total. The molecular formula is C13H32N4. The fourth-order valence-corrected chi connectivity index (χ4v) is 2.00. The van der Waals surface area contributed by atoms with Gasteiger partial charge in [0.05, 0.1) is 0 Å². The molecule has 2 fully saturated rings. The van der Waals surface area contributed by atoms with Gasteiger partial charge in [-0.25, -0.2) is 0 Å². The first-order valence-electron chi connectivity index (χ1n) is 6.85. The summed E-state index contributed by atoms with van der Waals surface area (Å²) >= 11 is 0. The Labute approximate surface area is 107 Å². The third-order valence-corrected chi connectivity index (χ3v) is 3.17. The van der Waals surface area contributed by atoms with Gasteiger partial charge in [0, 0.05) is 6.04 Å². The summed E-state index contributed by atoms with van der Waals surface area (Å²) in [4.78, 5) is 2.36. The minimum Gasteiger partial charge on any atom is -0.328 e. The summed E-state index contributed by atoms with van der Waals surface area (Å²) in [6.45, 7) is 7.00. The van der Waals surface area contributed by atoms with E-state index < -0.39 is 0 Å². The lowest BCUT2D eigenvalue weighted by Crippen LogP contribution is -2.27. The van der Waals surface area contributed by atoms with Crippen molar-refractivity contribution in [2.24, 2.45) is 11.7 Å². The van der Waals surface area contributed by atoms with E-state index in [9.17, 15) is 0 Å². The molecule has 4 heteroatoms. The van der Waals surface area contributed by atoms with Crippen molar-refractivity contribution in [1.82, 2.24) is 15.5 Å².